The molecular weight excluding hydrogens is 546 g/mol. The lowest BCUT2D eigenvalue weighted by molar-refractivity contribution is -0.857. The predicted octanol–water partition coefficient (Wildman–Crippen LogP) is 11.8. The van der Waals surface area contributed by atoms with Crippen LogP contribution >= 0.6 is 0 Å². The van der Waals surface area contributed by atoms with Crippen LogP contribution in [0.1, 0.15) is 219 Å². The highest BCUT2D eigenvalue weighted by Gasteiger charge is 2.35. The third kappa shape index (κ3) is 28.4. The molecule has 0 aromatic carbocycles. The van der Waals surface area contributed by atoms with Crippen molar-refractivity contribution in [2.24, 2.45) is 0 Å². The third-order valence-electron chi connectivity index (χ3n) is 9.78. The standard InChI is InChI=1S/C39H77NO4/c1-3-5-7-9-11-13-15-17-19-21-23-25-27-29-31-33-36-40(39(43)44,37-34-38(41)42)35-32-30-28-26-24-22-20-18-16-14-12-10-8-6-4-2/h3-37H2,1-2H3,(H-,41,42,43,44). The highest BCUT2D eigenvalue weighted by Crippen LogP contribution is 2.19. The first-order valence-corrected chi connectivity index (χ1v) is 19.8. The number of nitrogens with zero attached hydrogens (tertiary/aromatic N) is 1. The van der Waals surface area contributed by atoms with E-state index in [1.165, 1.54) is 161 Å². The van der Waals surface area contributed by atoms with Crippen LogP contribution < -0.4 is 5.11 Å². The van der Waals surface area contributed by atoms with Crippen molar-refractivity contribution >= 4 is 12.1 Å². The Bertz CT molecular complexity index is 625. The lowest BCUT2D eigenvalue weighted by Crippen LogP contribution is -2.55. The molecule has 44 heavy (non-hydrogen) atoms. The first-order valence-electron chi connectivity index (χ1n) is 19.8. The van der Waals surface area contributed by atoms with Gasteiger partial charge >= 0.3 is 6.09 Å². The molecule has 0 fully saturated rings. The van der Waals surface area contributed by atoms with E-state index in [1.807, 2.05) is 0 Å². The van der Waals surface area contributed by atoms with Crippen LogP contribution in [0.2, 0.25) is 0 Å². The highest BCUT2D eigenvalue weighted by atomic mass is 16.4. The summed E-state index contributed by atoms with van der Waals surface area (Å²) in [6.45, 7) is 5.77. The molecule has 0 aromatic rings. The van der Waals surface area contributed by atoms with E-state index in [4.69, 9.17) is 0 Å². The molecule has 0 aliphatic rings. The Hall–Kier alpha value is -1.10. The van der Waals surface area contributed by atoms with Gasteiger partial charge < -0.3 is 15.0 Å². The molecule has 0 aliphatic heterocycles. The quantitative estimate of drug-likeness (QED) is 0.0556. The van der Waals surface area contributed by atoms with Crippen molar-refractivity contribution in [1.82, 2.24) is 0 Å². The monoisotopic (exact) mass is 624 g/mol. The van der Waals surface area contributed by atoms with Crippen LogP contribution in [0, 0.1) is 0 Å². The summed E-state index contributed by atoms with van der Waals surface area (Å²) < 4.78 is -0.106. The first kappa shape index (κ1) is 42.9. The predicted molar refractivity (Wildman–Crippen MR) is 187 cm³/mol. The van der Waals surface area contributed by atoms with Gasteiger partial charge in [-0.15, -0.1) is 0 Å². The maximum absolute atomic E-state index is 12.4. The summed E-state index contributed by atoms with van der Waals surface area (Å²) in [7, 11) is 0. The van der Waals surface area contributed by atoms with Crippen LogP contribution in [0.5, 0.6) is 0 Å². The molecule has 5 heteroatoms. The summed E-state index contributed by atoms with van der Waals surface area (Å²) in [5.74, 6) is -1.14. The number of carbonyl (C=O) groups excluding carboxylic acids is 1. The van der Waals surface area contributed by atoms with E-state index >= 15 is 0 Å². The van der Waals surface area contributed by atoms with Gasteiger partial charge in [-0.05, 0) is 25.7 Å². The van der Waals surface area contributed by atoms with Gasteiger partial charge in [-0.2, -0.15) is 4.79 Å². The number of carboxylic acids is 1. The summed E-state index contributed by atoms with van der Waals surface area (Å²) in [6, 6.07) is 0. The van der Waals surface area contributed by atoms with Crippen molar-refractivity contribution in [2.75, 3.05) is 19.6 Å². The smallest absolute Gasteiger partial charge is 0.513 e. The molecule has 262 valence electrons. The summed E-state index contributed by atoms with van der Waals surface area (Å²) in [5, 5.41) is 21.3. The number of carboxylic acid groups (broad SMARTS) is 2. The third-order valence-corrected chi connectivity index (χ3v) is 9.78. The highest BCUT2D eigenvalue weighted by molar-refractivity contribution is 5.65. The first-order chi connectivity index (χ1) is 21.5. The van der Waals surface area contributed by atoms with E-state index in [-0.39, 0.29) is 17.4 Å². The largest absolute Gasteiger partial charge is 0.550 e. The summed E-state index contributed by atoms with van der Waals surface area (Å²) in [4.78, 5) is 23.6. The van der Waals surface area contributed by atoms with Gasteiger partial charge in [0, 0.05) is 12.4 Å². The Morgan fingerprint density at radius 2 is 0.636 bits per heavy atom. The van der Waals surface area contributed by atoms with Crippen LogP contribution in [0.15, 0.2) is 0 Å². The minimum atomic E-state index is -1.14. The van der Waals surface area contributed by atoms with E-state index in [1.54, 1.807) is 0 Å². The normalized spacial score (nSPS) is 12.9. The molecule has 1 amide bonds. The maximum Gasteiger partial charge on any atom is 0.513 e. The number of hydrogen-bond acceptors (Lipinski definition) is 3. The van der Waals surface area contributed by atoms with Crippen LogP contribution in [0.3, 0.4) is 0 Å². The number of aliphatic carboxylic acids is 1. The van der Waals surface area contributed by atoms with Crippen LogP contribution in [-0.4, -0.2) is 41.3 Å². The fraction of sp³-hybridized carbons (Fsp3) is 0.949. The molecule has 1 N–H and O–H groups in total. The van der Waals surface area contributed by atoms with Gasteiger partial charge in [0.1, 0.15) is 0 Å². The minimum Gasteiger partial charge on any atom is -0.550 e. The van der Waals surface area contributed by atoms with Crippen molar-refractivity contribution < 1.29 is 24.3 Å². The Morgan fingerprint density at radius 3 is 0.841 bits per heavy atom. The van der Waals surface area contributed by atoms with E-state index in [2.05, 4.69) is 13.8 Å². The average molecular weight is 624 g/mol. The van der Waals surface area contributed by atoms with Gasteiger partial charge in [-0.3, -0.25) is 0 Å². The Balaban J connectivity index is 3.97. The minimum absolute atomic E-state index is 0.106. The topological polar surface area (TPSA) is 77.4 Å². The molecule has 0 radical (unpaired) electrons. The molecule has 1 atom stereocenters. The second kappa shape index (κ2) is 33.3. The number of hydrogen-bond donors (Lipinski definition) is 1. The van der Waals surface area contributed by atoms with Crippen LogP contribution in [0.25, 0.3) is 0 Å². The molecule has 0 rings (SSSR count). The van der Waals surface area contributed by atoms with Crippen molar-refractivity contribution in [2.45, 2.75) is 219 Å². The summed E-state index contributed by atoms with van der Waals surface area (Å²) >= 11 is 0. The lowest BCUT2D eigenvalue weighted by Gasteiger charge is -2.33. The molecule has 5 nitrogen and oxygen atoms in total. The Morgan fingerprint density at radius 1 is 0.409 bits per heavy atom. The molecule has 0 spiro atoms. The zero-order chi connectivity index (χ0) is 32.4. The summed E-state index contributed by atoms with van der Waals surface area (Å²) in [5.41, 5.74) is 0. The number of carbonyl (C=O) groups is 2. The zero-order valence-corrected chi connectivity index (χ0v) is 29.9. The number of amides is 1. The van der Waals surface area contributed by atoms with E-state index < -0.39 is 12.1 Å². The fourth-order valence-electron chi connectivity index (χ4n) is 6.68. The number of quaternary nitrogens is 1. The van der Waals surface area contributed by atoms with E-state index in [0.29, 0.717) is 13.1 Å². The zero-order valence-electron chi connectivity index (χ0n) is 29.9. The van der Waals surface area contributed by atoms with Gasteiger partial charge in [0.15, 0.2) is 0 Å². The van der Waals surface area contributed by atoms with Gasteiger partial charge in [0.2, 0.25) is 0 Å². The average Bonchev–Trinajstić information content (AvgIpc) is 3.00. The van der Waals surface area contributed by atoms with Gasteiger partial charge in [-0.25, -0.2) is 4.48 Å². The second-order valence-electron chi connectivity index (χ2n) is 14.0. The molecule has 1 unspecified atom stereocenters. The molecule has 0 saturated carbocycles. The molecule has 0 bridgehead atoms. The van der Waals surface area contributed by atoms with Crippen molar-refractivity contribution in [1.29, 1.82) is 0 Å². The van der Waals surface area contributed by atoms with Crippen LogP contribution in [-0.2, 0) is 4.79 Å². The van der Waals surface area contributed by atoms with E-state index in [0.717, 1.165) is 38.5 Å². The second-order valence-corrected chi connectivity index (χ2v) is 14.0. The lowest BCUT2D eigenvalue weighted by atomic mass is 10.0. The van der Waals surface area contributed by atoms with Gasteiger partial charge in [0.05, 0.1) is 19.6 Å². The molecule has 0 saturated heterocycles. The molecule has 0 aliphatic carbocycles. The molecular formula is C39H77NO4. The maximum atomic E-state index is 12.4. The Labute approximate surface area is 274 Å². The summed E-state index contributed by atoms with van der Waals surface area (Å²) in [6.07, 6.45) is 38.9. The van der Waals surface area contributed by atoms with E-state index in [9.17, 15) is 19.8 Å². The number of rotatable bonds is 36. The molecule has 0 heterocycles. The van der Waals surface area contributed by atoms with Gasteiger partial charge in [-0.1, -0.05) is 187 Å². The van der Waals surface area contributed by atoms with Crippen molar-refractivity contribution in [3.8, 4) is 0 Å². The number of unbranched alkanes of at least 4 members (excludes halogenated alkanes) is 29. The fourth-order valence-corrected chi connectivity index (χ4v) is 6.68. The SMILES string of the molecule is CCCCCCCCCCCCCCCCCC[N+](CCCCCCCCCCCCCCCCC)(CCC(=O)[O-])C(=O)O. The van der Waals surface area contributed by atoms with Crippen LogP contribution in [0.4, 0.5) is 4.79 Å². The van der Waals surface area contributed by atoms with Crippen molar-refractivity contribution in [3.63, 3.8) is 0 Å². The van der Waals surface area contributed by atoms with Gasteiger partial charge in [0.25, 0.3) is 0 Å². The molecule has 0 aromatic heterocycles. The Kier molecular flexibility index (Phi) is 32.4. The van der Waals surface area contributed by atoms with Crippen molar-refractivity contribution in [3.05, 3.63) is 0 Å².